The quantitative estimate of drug-likeness (QED) is 0.161. The van der Waals surface area contributed by atoms with E-state index in [4.69, 9.17) is 0 Å². The molecule has 0 saturated carbocycles. The summed E-state index contributed by atoms with van der Waals surface area (Å²) in [6.45, 7) is 6.69. The van der Waals surface area contributed by atoms with E-state index in [1.54, 1.807) is 6.08 Å². The molecule has 0 heterocycles. The highest BCUT2D eigenvalue weighted by Gasteiger charge is 2.25. The van der Waals surface area contributed by atoms with Gasteiger partial charge in [-0.1, -0.05) is 17.3 Å². The second-order valence-corrected chi connectivity index (χ2v) is 4.81. The maximum atomic E-state index is 11.7. The normalized spacial score (nSPS) is 13.9. The first kappa shape index (κ1) is 14.1. The van der Waals surface area contributed by atoms with Gasteiger partial charge < -0.3 is 4.52 Å². The number of unbranched alkanes of at least 4 members (excludes halogenated alkanes) is 1. The summed E-state index contributed by atoms with van der Waals surface area (Å²) < 4.78 is 20.8. The van der Waals surface area contributed by atoms with Crippen molar-refractivity contribution < 1.29 is 23.4 Å². The van der Waals surface area contributed by atoms with Gasteiger partial charge in [0.05, 0.1) is 6.16 Å². The third kappa shape index (κ3) is 6.23. The summed E-state index contributed by atoms with van der Waals surface area (Å²) in [6.07, 6.45) is 4.03. The van der Waals surface area contributed by atoms with Gasteiger partial charge in [0.2, 0.25) is 0 Å². The van der Waals surface area contributed by atoms with Crippen LogP contribution in [0.25, 0.3) is 0 Å². The molecule has 0 rings (SSSR count). The van der Waals surface area contributed by atoms with Gasteiger partial charge in [-0.15, -0.1) is 6.58 Å². The molecule has 0 N–H and O–H groups in total. The Labute approximate surface area is 89.2 Å². The lowest BCUT2D eigenvalue weighted by molar-refractivity contribution is -0.211. The summed E-state index contributed by atoms with van der Waals surface area (Å²) in [7, 11) is -2.10. The minimum absolute atomic E-state index is 0.167. The van der Waals surface area contributed by atoms with Gasteiger partial charge in [0.15, 0.2) is 0 Å². The molecule has 0 aliphatic rings. The Kier molecular flexibility index (Phi) is 6.96. The predicted molar refractivity (Wildman–Crippen MR) is 56.3 cm³/mol. The zero-order valence-electron chi connectivity index (χ0n) is 8.68. The van der Waals surface area contributed by atoms with Gasteiger partial charge in [-0.3, -0.25) is 9.45 Å². The second kappa shape index (κ2) is 7.40. The number of hydrogen-bond donors (Lipinski definition) is 0. The lowest BCUT2D eigenvalue weighted by Gasteiger charge is -2.12. The lowest BCUT2D eigenvalue weighted by Crippen LogP contribution is -2.03. The molecular formula is C9H15O5P. The van der Waals surface area contributed by atoms with Crippen molar-refractivity contribution in [1.82, 2.24) is 0 Å². The molecule has 5 nitrogen and oxygen atoms in total. The van der Waals surface area contributed by atoms with E-state index in [2.05, 4.69) is 27.2 Å². The van der Waals surface area contributed by atoms with Gasteiger partial charge in [0.25, 0.3) is 0 Å². The highest BCUT2D eigenvalue weighted by molar-refractivity contribution is 7.53. The van der Waals surface area contributed by atoms with E-state index in [0.29, 0.717) is 12.8 Å². The Bertz CT molecular complexity index is 274. The molecule has 0 spiro atoms. The summed E-state index contributed by atoms with van der Waals surface area (Å²) in [5.41, 5.74) is 0. The summed E-state index contributed by atoms with van der Waals surface area (Å²) in [6, 6.07) is 0. The smallest absolute Gasteiger partial charge is 0.310 e. The molecule has 6 heteroatoms. The van der Waals surface area contributed by atoms with Crippen LogP contribution in [0.15, 0.2) is 25.3 Å². The van der Waals surface area contributed by atoms with Crippen molar-refractivity contribution in [2.45, 2.75) is 12.8 Å². The van der Waals surface area contributed by atoms with Gasteiger partial charge in [-0.05, 0) is 12.8 Å². The molecular weight excluding hydrogens is 219 g/mol. The Balaban J connectivity index is 4.06. The molecule has 0 aromatic heterocycles. The number of carbonyl (C=O) groups excluding carboxylic acids is 1. The minimum atomic E-state index is -3.34. The van der Waals surface area contributed by atoms with Crippen molar-refractivity contribution in [1.29, 1.82) is 0 Å². The van der Waals surface area contributed by atoms with Crippen molar-refractivity contribution >= 4 is 13.6 Å². The molecule has 86 valence electrons. The fourth-order valence-corrected chi connectivity index (χ4v) is 1.79. The minimum Gasteiger partial charge on any atom is -0.310 e. The molecule has 0 aromatic rings. The van der Waals surface area contributed by atoms with Crippen molar-refractivity contribution in [3.05, 3.63) is 25.3 Å². The molecule has 1 atom stereocenters. The molecule has 0 bridgehead atoms. The molecule has 1 unspecified atom stereocenters. The molecule has 0 aliphatic carbocycles. The van der Waals surface area contributed by atoms with Crippen molar-refractivity contribution in [3.63, 3.8) is 0 Å². The van der Waals surface area contributed by atoms with E-state index < -0.39 is 13.6 Å². The zero-order chi connectivity index (χ0) is 11.7. The fraction of sp³-hybridized carbons (Fsp3) is 0.444. The van der Waals surface area contributed by atoms with Crippen LogP contribution >= 0.6 is 7.60 Å². The van der Waals surface area contributed by atoms with E-state index in [0.717, 1.165) is 6.08 Å². The van der Waals surface area contributed by atoms with Gasteiger partial charge >= 0.3 is 13.6 Å². The van der Waals surface area contributed by atoms with Gasteiger partial charge in [0, 0.05) is 13.2 Å². The monoisotopic (exact) mass is 234 g/mol. The Hall–Kier alpha value is -0.900. The Morgan fingerprint density at radius 1 is 1.47 bits per heavy atom. The first-order valence-electron chi connectivity index (χ1n) is 4.36. The van der Waals surface area contributed by atoms with Crippen LogP contribution in [0.4, 0.5) is 0 Å². The van der Waals surface area contributed by atoms with Gasteiger partial charge in [-0.25, -0.2) is 4.79 Å². The van der Waals surface area contributed by atoms with Crippen LogP contribution in [0.5, 0.6) is 0 Å². The SMILES string of the molecule is C=CCCCP(=O)(OC)OOC(=O)C=C. The first-order valence-corrected chi connectivity index (χ1v) is 6.09. The number of allylic oxidation sites excluding steroid dienone is 1. The lowest BCUT2D eigenvalue weighted by atomic mass is 10.3. The number of carbonyl (C=O) groups is 1. The number of rotatable bonds is 8. The average molecular weight is 234 g/mol. The molecule has 0 aromatic carbocycles. The fourth-order valence-electron chi connectivity index (χ4n) is 0.716. The molecule has 0 radical (unpaired) electrons. The predicted octanol–water partition coefficient (Wildman–Crippen LogP) is 2.45. The van der Waals surface area contributed by atoms with E-state index >= 15 is 0 Å². The van der Waals surface area contributed by atoms with Crippen molar-refractivity contribution in [3.8, 4) is 0 Å². The van der Waals surface area contributed by atoms with Crippen molar-refractivity contribution in [2.75, 3.05) is 13.3 Å². The van der Waals surface area contributed by atoms with Crippen LogP contribution in [0.1, 0.15) is 12.8 Å². The van der Waals surface area contributed by atoms with Crippen LogP contribution in [0.3, 0.4) is 0 Å². The largest absolute Gasteiger partial charge is 0.369 e. The molecule has 15 heavy (non-hydrogen) atoms. The number of hydrogen-bond acceptors (Lipinski definition) is 5. The average Bonchev–Trinajstić information content (AvgIpc) is 2.26. The van der Waals surface area contributed by atoms with E-state index in [-0.39, 0.29) is 6.16 Å². The molecule has 0 fully saturated rings. The van der Waals surface area contributed by atoms with Crippen molar-refractivity contribution in [2.24, 2.45) is 0 Å². The van der Waals surface area contributed by atoms with E-state index in [1.807, 2.05) is 0 Å². The third-order valence-corrected chi connectivity index (χ3v) is 3.24. The standard InChI is InChI=1S/C9H15O5P/c1-4-6-7-8-15(11,12-3)14-13-9(10)5-2/h4-5H,1-2,6-8H2,3H3. The third-order valence-electron chi connectivity index (χ3n) is 1.52. The highest BCUT2D eigenvalue weighted by Crippen LogP contribution is 2.48. The molecule has 0 aliphatic heterocycles. The summed E-state index contributed by atoms with van der Waals surface area (Å²) in [4.78, 5) is 14.9. The Morgan fingerprint density at radius 3 is 2.60 bits per heavy atom. The van der Waals surface area contributed by atoms with Crippen LogP contribution in [0, 0.1) is 0 Å². The van der Waals surface area contributed by atoms with Crippen LogP contribution in [-0.2, 0) is 23.4 Å². The topological polar surface area (TPSA) is 61.8 Å². The zero-order valence-corrected chi connectivity index (χ0v) is 9.57. The van der Waals surface area contributed by atoms with Gasteiger partial charge in [-0.2, -0.15) is 0 Å². The van der Waals surface area contributed by atoms with Crippen LogP contribution < -0.4 is 0 Å². The van der Waals surface area contributed by atoms with Gasteiger partial charge in [0.1, 0.15) is 0 Å². The van der Waals surface area contributed by atoms with E-state index in [1.165, 1.54) is 7.11 Å². The molecule has 0 saturated heterocycles. The summed E-state index contributed by atoms with van der Waals surface area (Å²) in [5, 5.41) is 0. The second-order valence-electron chi connectivity index (χ2n) is 2.63. The maximum Gasteiger partial charge on any atom is 0.369 e. The summed E-state index contributed by atoms with van der Waals surface area (Å²) in [5.74, 6) is -0.809. The first-order chi connectivity index (χ1) is 7.08. The molecule has 0 amide bonds. The Morgan fingerprint density at radius 2 is 2.13 bits per heavy atom. The highest BCUT2D eigenvalue weighted by atomic mass is 31.2. The summed E-state index contributed by atoms with van der Waals surface area (Å²) >= 11 is 0. The maximum absolute atomic E-state index is 11.7. The van der Waals surface area contributed by atoms with E-state index in [9.17, 15) is 9.36 Å². The van der Waals surface area contributed by atoms with Crippen LogP contribution in [0.2, 0.25) is 0 Å². The van der Waals surface area contributed by atoms with Crippen LogP contribution in [-0.4, -0.2) is 19.2 Å².